The van der Waals surface area contributed by atoms with Gasteiger partial charge in [0.2, 0.25) is 0 Å². The van der Waals surface area contributed by atoms with Gasteiger partial charge in [0, 0.05) is 18.3 Å². The number of para-hydroxylation sites is 1. The topological polar surface area (TPSA) is 41.1 Å². The number of aromatic nitrogens is 2. The molecule has 1 aromatic heterocycles. The Kier molecular flexibility index (Phi) is 3.65. The molecule has 1 aromatic carbocycles. The number of hydrogen-bond donors (Lipinski definition) is 1. The quantitative estimate of drug-likeness (QED) is 0.929. The molecule has 20 heavy (non-hydrogen) atoms. The van der Waals surface area contributed by atoms with Gasteiger partial charge in [-0.05, 0) is 38.4 Å². The summed E-state index contributed by atoms with van der Waals surface area (Å²) in [4.78, 5) is 11.4. The van der Waals surface area contributed by atoms with Crippen LogP contribution in [0.2, 0.25) is 0 Å². The molecule has 4 nitrogen and oxygen atoms in total. The lowest BCUT2D eigenvalue weighted by atomic mass is 9.97. The first-order chi connectivity index (χ1) is 9.79. The number of aryl methyl sites for hydroxylation is 1. The zero-order valence-electron chi connectivity index (χ0n) is 12.0. The van der Waals surface area contributed by atoms with Crippen LogP contribution in [0.15, 0.2) is 36.7 Å². The molecule has 0 fully saturated rings. The fourth-order valence-corrected chi connectivity index (χ4v) is 2.78. The van der Waals surface area contributed by atoms with Gasteiger partial charge in [-0.2, -0.15) is 0 Å². The molecule has 104 valence electrons. The monoisotopic (exact) mass is 268 g/mol. The molecule has 0 radical (unpaired) electrons. The van der Waals surface area contributed by atoms with Crippen LogP contribution in [0.1, 0.15) is 24.6 Å². The average molecular weight is 268 g/mol. The summed E-state index contributed by atoms with van der Waals surface area (Å²) in [6.07, 6.45) is 6.02. The third-order valence-corrected chi connectivity index (χ3v) is 3.82. The summed E-state index contributed by atoms with van der Waals surface area (Å²) in [5.41, 5.74) is 3.63. The molecule has 2 heterocycles. The molecule has 1 aliphatic heterocycles. The Morgan fingerprint density at radius 1 is 1.25 bits per heavy atom. The van der Waals surface area contributed by atoms with Crippen molar-refractivity contribution in [1.82, 2.24) is 15.3 Å². The van der Waals surface area contributed by atoms with Gasteiger partial charge < -0.3 is 10.2 Å². The lowest BCUT2D eigenvalue weighted by Crippen LogP contribution is -2.33. The number of rotatable bonds is 3. The fourth-order valence-electron chi connectivity index (χ4n) is 2.78. The van der Waals surface area contributed by atoms with Crippen molar-refractivity contribution in [3.63, 3.8) is 0 Å². The van der Waals surface area contributed by atoms with Crippen LogP contribution >= 0.6 is 0 Å². The first-order valence-corrected chi connectivity index (χ1v) is 7.12. The predicted octanol–water partition coefficient (Wildman–Crippen LogP) is 2.67. The van der Waals surface area contributed by atoms with Crippen LogP contribution in [0.25, 0.3) is 0 Å². The second-order valence-corrected chi connectivity index (χ2v) is 5.28. The minimum absolute atomic E-state index is 0.453. The van der Waals surface area contributed by atoms with Gasteiger partial charge in [0.25, 0.3) is 0 Å². The highest BCUT2D eigenvalue weighted by Gasteiger charge is 2.24. The molecule has 0 saturated heterocycles. The summed E-state index contributed by atoms with van der Waals surface area (Å²) >= 11 is 0. The minimum Gasteiger partial charge on any atom is -0.322 e. The standard InChI is InChI=1S/C16H20N4/c1-12-7-8-13-5-3-4-6-15(13)20(12)16-11-18-14(9-17-2)10-19-16/h3-6,10-12,17H,7-9H2,1-2H3. The first kappa shape index (κ1) is 13.1. The zero-order chi connectivity index (χ0) is 13.9. The van der Waals surface area contributed by atoms with Gasteiger partial charge in [-0.15, -0.1) is 0 Å². The van der Waals surface area contributed by atoms with Crippen LogP contribution in [0.5, 0.6) is 0 Å². The first-order valence-electron chi connectivity index (χ1n) is 7.12. The molecule has 0 amide bonds. The lowest BCUT2D eigenvalue weighted by Gasteiger charge is -2.36. The fraction of sp³-hybridized carbons (Fsp3) is 0.375. The van der Waals surface area contributed by atoms with Crippen molar-refractivity contribution in [3.8, 4) is 0 Å². The van der Waals surface area contributed by atoms with Crippen LogP contribution in [-0.4, -0.2) is 23.1 Å². The maximum Gasteiger partial charge on any atom is 0.151 e. The van der Waals surface area contributed by atoms with Crippen molar-refractivity contribution in [2.45, 2.75) is 32.4 Å². The second-order valence-electron chi connectivity index (χ2n) is 5.28. The molecule has 1 unspecified atom stereocenters. The minimum atomic E-state index is 0.453. The third-order valence-electron chi connectivity index (χ3n) is 3.82. The summed E-state index contributed by atoms with van der Waals surface area (Å²) in [5, 5.41) is 3.09. The normalized spacial score (nSPS) is 17.9. The Morgan fingerprint density at radius 2 is 2.10 bits per heavy atom. The largest absolute Gasteiger partial charge is 0.322 e. The average Bonchev–Trinajstić information content (AvgIpc) is 2.49. The van der Waals surface area contributed by atoms with Gasteiger partial charge in [0.1, 0.15) is 0 Å². The van der Waals surface area contributed by atoms with Gasteiger partial charge >= 0.3 is 0 Å². The number of nitrogens with zero attached hydrogens (tertiary/aromatic N) is 3. The van der Waals surface area contributed by atoms with E-state index in [9.17, 15) is 0 Å². The molecule has 1 atom stereocenters. The summed E-state index contributed by atoms with van der Waals surface area (Å²) in [5.74, 6) is 0.935. The third kappa shape index (κ3) is 2.39. The Balaban J connectivity index is 1.96. The highest BCUT2D eigenvalue weighted by atomic mass is 15.2. The number of nitrogens with one attached hydrogen (secondary N) is 1. The van der Waals surface area contributed by atoms with Gasteiger partial charge in [-0.1, -0.05) is 18.2 Å². The molecule has 0 saturated carbocycles. The smallest absolute Gasteiger partial charge is 0.151 e. The Bertz CT molecular complexity index is 579. The van der Waals surface area contributed by atoms with Crippen LogP contribution in [0, 0.1) is 0 Å². The van der Waals surface area contributed by atoms with E-state index in [1.807, 2.05) is 19.4 Å². The number of fused-ring (bicyclic) bond motifs is 1. The van der Waals surface area contributed by atoms with E-state index in [2.05, 4.69) is 51.4 Å². The SMILES string of the molecule is CNCc1cnc(N2c3ccccc3CCC2C)cn1. The van der Waals surface area contributed by atoms with Gasteiger partial charge in [0.15, 0.2) is 5.82 Å². The summed E-state index contributed by atoms with van der Waals surface area (Å²) in [6, 6.07) is 9.03. The number of benzene rings is 1. The van der Waals surface area contributed by atoms with Crippen LogP contribution in [0.3, 0.4) is 0 Å². The van der Waals surface area contributed by atoms with E-state index in [4.69, 9.17) is 0 Å². The van der Waals surface area contributed by atoms with Crippen LogP contribution in [0.4, 0.5) is 11.5 Å². The van der Waals surface area contributed by atoms with Crippen molar-refractivity contribution in [2.24, 2.45) is 0 Å². The van der Waals surface area contributed by atoms with E-state index in [-0.39, 0.29) is 0 Å². The van der Waals surface area contributed by atoms with E-state index < -0.39 is 0 Å². The molecule has 4 heteroatoms. The van der Waals surface area contributed by atoms with Crippen molar-refractivity contribution < 1.29 is 0 Å². The summed E-state index contributed by atoms with van der Waals surface area (Å²) in [7, 11) is 1.92. The van der Waals surface area contributed by atoms with Crippen molar-refractivity contribution >= 4 is 11.5 Å². The summed E-state index contributed by atoms with van der Waals surface area (Å²) in [6.45, 7) is 3.00. The molecule has 1 N–H and O–H groups in total. The number of hydrogen-bond acceptors (Lipinski definition) is 4. The van der Waals surface area contributed by atoms with Crippen LogP contribution < -0.4 is 10.2 Å². The Hall–Kier alpha value is -1.94. The Morgan fingerprint density at radius 3 is 2.85 bits per heavy atom. The van der Waals surface area contributed by atoms with E-state index in [1.165, 1.54) is 11.3 Å². The van der Waals surface area contributed by atoms with Crippen molar-refractivity contribution in [2.75, 3.05) is 11.9 Å². The lowest BCUT2D eigenvalue weighted by molar-refractivity contribution is 0.612. The van der Waals surface area contributed by atoms with Crippen molar-refractivity contribution in [1.29, 1.82) is 0 Å². The highest BCUT2D eigenvalue weighted by molar-refractivity contribution is 5.65. The maximum atomic E-state index is 4.59. The molecule has 0 bridgehead atoms. The second kappa shape index (κ2) is 5.59. The van der Waals surface area contributed by atoms with Crippen molar-refractivity contribution in [3.05, 3.63) is 47.9 Å². The zero-order valence-corrected chi connectivity index (χ0v) is 12.0. The van der Waals surface area contributed by atoms with Crippen LogP contribution in [-0.2, 0) is 13.0 Å². The van der Waals surface area contributed by atoms with E-state index in [1.54, 1.807) is 0 Å². The molecule has 1 aliphatic rings. The molecule has 3 rings (SSSR count). The number of anilines is 2. The highest BCUT2D eigenvalue weighted by Crippen LogP contribution is 2.35. The maximum absolute atomic E-state index is 4.59. The van der Waals surface area contributed by atoms with Gasteiger partial charge in [-0.3, -0.25) is 4.98 Å². The molecule has 0 aliphatic carbocycles. The van der Waals surface area contributed by atoms with E-state index >= 15 is 0 Å². The van der Waals surface area contributed by atoms with Gasteiger partial charge in [0.05, 0.1) is 18.1 Å². The van der Waals surface area contributed by atoms with Gasteiger partial charge in [-0.25, -0.2) is 4.98 Å². The molecular weight excluding hydrogens is 248 g/mol. The summed E-state index contributed by atoms with van der Waals surface area (Å²) < 4.78 is 0. The molecular formula is C16H20N4. The Labute approximate surface area is 119 Å². The predicted molar refractivity (Wildman–Crippen MR) is 81.2 cm³/mol. The molecule has 2 aromatic rings. The molecule has 0 spiro atoms. The van der Waals surface area contributed by atoms with E-state index in [0.717, 1.165) is 30.9 Å². The van der Waals surface area contributed by atoms with E-state index in [0.29, 0.717) is 6.04 Å².